The summed E-state index contributed by atoms with van der Waals surface area (Å²) in [7, 11) is 11.0. The molecule has 0 fully saturated rings. The van der Waals surface area contributed by atoms with Crippen LogP contribution in [0.1, 0.15) is 0 Å². The van der Waals surface area contributed by atoms with Gasteiger partial charge in [-0.1, -0.05) is 0 Å². The average Bonchev–Trinajstić information content (AvgIpc) is 2.25. The standard InChI is InChI=1S/C7H8N3OSe.2ClH.Pt/c8-9-7(11)10-12-6-4-2-1-3-5-6;;;/h1-5,8H,(H2,9,10,11);2*1H;/q-1;;;+3/p-2. The van der Waals surface area contributed by atoms with Gasteiger partial charge in [0.1, 0.15) is 0 Å². The molecule has 0 aliphatic rings. The van der Waals surface area contributed by atoms with Crippen molar-refractivity contribution in [3.63, 3.8) is 0 Å². The molecule has 2 amide bonds. The zero-order valence-electron chi connectivity index (χ0n) is 7.28. The Kier molecular flexibility index (Phi) is 6.65. The van der Waals surface area contributed by atoms with Gasteiger partial charge >= 0.3 is 109 Å². The van der Waals surface area contributed by atoms with Gasteiger partial charge < -0.3 is 0 Å². The number of benzene rings is 1. The summed E-state index contributed by atoms with van der Waals surface area (Å²) in [6, 6.07) is 9.37. The number of amides is 2. The third kappa shape index (κ3) is 6.41. The van der Waals surface area contributed by atoms with E-state index >= 15 is 0 Å². The van der Waals surface area contributed by atoms with Crippen molar-refractivity contribution < 1.29 is 20.3 Å². The van der Waals surface area contributed by atoms with Gasteiger partial charge in [0.2, 0.25) is 0 Å². The van der Waals surface area contributed by atoms with E-state index in [9.17, 15) is 4.79 Å². The van der Waals surface area contributed by atoms with E-state index in [1.807, 2.05) is 30.3 Å². The van der Waals surface area contributed by atoms with E-state index < -0.39 is 15.5 Å². The summed E-state index contributed by atoms with van der Waals surface area (Å²) in [4.78, 5) is 11.2. The molecule has 15 heavy (non-hydrogen) atoms. The normalized spacial score (nSPS) is 10.7. The van der Waals surface area contributed by atoms with E-state index in [2.05, 4.69) is 13.7 Å². The predicted octanol–water partition coefficient (Wildman–Crippen LogP) is 0.576. The maximum atomic E-state index is 11.2. The number of carbonyl (C=O) groups excluding carboxylic acids is 1. The van der Waals surface area contributed by atoms with Gasteiger partial charge in [-0.2, -0.15) is 0 Å². The molecule has 1 rings (SSSR count). The summed E-state index contributed by atoms with van der Waals surface area (Å²) in [6.07, 6.45) is 0. The van der Waals surface area contributed by atoms with Crippen molar-refractivity contribution in [3.05, 3.63) is 30.3 Å². The molecule has 0 spiro atoms. The number of hydrogen-bond donors (Lipinski definition) is 3. The predicted molar refractivity (Wildman–Crippen MR) is 58.3 cm³/mol. The third-order valence-electron chi connectivity index (χ3n) is 1.22. The van der Waals surface area contributed by atoms with Crippen LogP contribution in [0.15, 0.2) is 30.3 Å². The Morgan fingerprint density at radius 1 is 1.27 bits per heavy atom. The number of nitrogens with one attached hydrogen (secondary N) is 3. The Hall–Kier alpha value is 0.238. The molecule has 87 valence electrons. The van der Waals surface area contributed by atoms with Gasteiger partial charge in [-0.3, -0.25) is 0 Å². The van der Waals surface area contributed by atoms with Crippen molar-refractivity contribution in [3.8, 4) is 0 Å². The Balaban J connectivity index is 2.23. The van der Waals surface area contributed by atoms with Crippen molar-refractivity contribution in [2.24, 2.45) is 0 Å². The van der Waals surface area contributed by atoms with E-state index in [4.69, 9.17) is 18.8 Å². The molecule has 1 aromatic carbocycles. The van der Waals surface area contributed by atoms with Crippen LogP contribution in [0.25, 0.3) is 0 Å². The zero-order chi connectivity index (χ0) is 11.1. The minimum atomic E-state index is -2.15. The molecular formula is C7H8Cl2N3OPtSe. The fourth-order valence-electron chi connectivity index (χ4n) is 0.685. The second kappa shape index (κ2) is 7.50. The molecule has 0 atom stereocenters. The number of rotatable bonds is 4. The third-order valence-corrected chi connectivity index (χ3v) is 4.58. The summed E-state index contributed by atoms with van der Waals surface area (Å²) in [5.41, 5.74) is 2.37. The molecule has 8 heteroatoms. The fraction of sp³-hybridized carbons (Fsp3) is 0. The molecule has 0 aliphatic heterocycles. The number of halogens is 2. The quantitative estimate of drug-likeness (QED) is 0.423. The molecule has 4 nitrogen and oxygen atoms in total. The van der Waals surface area contributed by atoms with E-state index in [1.165, 1.54) is 0 Å². The van der Waals surface area contributed by atoms with Gasteiger partial charge in [-0.05, 0) is 0 Å². The molecule has 0 radical (unpaired) electrons. The molecule has 3 N–H and O–H groups in total. The van der Waals surface area contributed by atoms with Crippen molar-refractivity contribution in [1.82, 2.24) is 13.7 Å². The van der Waals surface area contributed by atoms with Crippen LogP contribution in [0.3, 0.4) is 0 Å². The zero-order valence-corrected chi connectivity index (χ0v) is 12.8. The van der Waals surface area contributed by atoms with Crippen LogP contribution < -0.4 is 18.2 Å². The van der Waals surface area contributed by atoms with Gasteiger partial charge in [0.25, 0.3) is 0 Å². The molecule has 0 saturated carbocycles. The van der Waals surface area contributed by atoms with Gasteiger partial charge in [-0.15, -0.1) is 0 Å². The van der Waals surface area contributed by atoms with Crippen molar-refractivity contribution in [2.75, 3.05) is 0 Å². The molecule has 0 aliphatic carbocycles. The fourth-order valence-corrected chi connectivity index (χ4v) is 2.81. The summed E-state index contributed by atoms with van der Waals surface area (Å²) in [5.74, 6) is 0. The second-order valence-corrected chi connectivity index (χ2v) is 10.7. The van der Waals surface area contributed by atoms with Gasteiger partial charge in [0.05, 0.1) is 0 Å². The Bertz CT molecular complexity index is 314. The Morgan fingerprint density at radius 3 is 2.53 bits per heavy atom. The molecule has 0 bridgehead atoms. The Labute approximate surface area is 108 Å². The van der Waals surface area contributed by atoms with Crippen LogP contribution in [-0.4, -0.2) is 21.2 Å². The number of hydrogen-bond acceptors (Lipinski definition) is 2. The van der Waals surface area contributed by atoms with Crippen LogP contribution in [0, 0.1) is 0 Å². The molecule has 1 aromatic rings. The van der Waals surface area contributed by atoms with Crippen molar-refractivity contribution in [1.29, 1.82) is 0 Å². The molecule has 0 saturated heterocycles. The number of urea groups is 1. The minimum absolute atomic E-state index is 0.0925. The van der Waals surface area contributed by atoms with Gasteiger partial charge in [-0.25, -0.2) is 0 Å². The van der Waals surface area contributed by atoms with Gasteiger partial charge in [0, 0.05) is 0 Å². The molecule has 0 heterocycles. The topological polar surface area (TPSA) is 53.2 Å². The first-order chi connectivity index (χ1) is 7.18. The summed E-state index contributed by atoms with van der Waals surface area (Å²) in [5, 5.41) is 0. The van der Waals surface area contributed by atoms with Crippen molar-refractivity contribution in [2.45, 2.75) is 0 Å². The Morgan fingerprint density at radius 2 is 1.93 bits per heavy atom. The SMILES string of the molecule is O=C(N[NH][Pt]([Cl])[Cl])N[Se]c1ccccc1. The summed E-state index contributed by atoms with van der Waals surface area (Å²) < 4.78 is 6.32. The average molecular weight is 495 g/mol. The molecule has 0 unspecified atom stereocenters. The summed E-state index contributed by atoms with van der Waals surface area (Å²) >= 11 is -2.25. The molecular weight excluding hydrogens is 487 g/mol. The van der Waals surface area contributed by atoms with E-state index in [1.54, 1.807) is 0 Å². The van der Waals surface area contributed by atoms with E-state index in [0.29, 0.717) is 0 Å². The number of hydrazine groups is 1. The van der Waals surface area contributed by atoms with Crippen LogP contribution in [0.2, 0.25) is 0 Å². The first-order valence-electron chi connectivity index (χ1n) is 3.67. The summed E-state index contributed by atoms with van der Waals surface area (Å²) in [6.45, 7) is 0. The van der Waals surface area contributed by atoms with E-state index in [0.717, 1.165) is 4.46 Å². The second-order valence-electron chi connectivity index (χ2n) is 2.22. The van der Waals surface area contributed by atoms with Gasteiger partial charge in [0.15, 0.2) is 0 Å². The number of carbonyl (C=O) groups is 1. The van der Waals surface area contributed by atoms with E-state index in [-0.39, 0.29) is 21.2 Å². The van der Waals surface area contributed by atoms with Crippen molar-refractivity contribution >= 4 is 44.5 Å². The maximum absolute atomic E-state index is 11.2. The van der Waals surface area contributed by atoms with Crippen LogP contribution in [-0.2, 0) is 15.5 Å². The molecule has 0 aromatic heterocycles. The monoisotopic (exact) mass is 495 g/mol. The van der Waals surface area contributed by atoms with Crippen LogP contribution >= 0.6 is 18.8 Å². The van der Waals surface area contributed by atoms with Crippen LogP contribution in [0.5, 0.6) is 0 Å². The van der Waals surface area contributed by atoms with Crippen LogP contribution in [0.4, 0.5) is 4.79 Å². The first kappa shape index (κ1) is 13.3. The first-order valence-corrected chi connectivity index (χ1v) is 12.2.